The molecular weight excluding hydrogens is 182 g/mol. The molecule has 1 heterocycles. The number of Topliss-reactive ketones (excluding diaryl/α,β-unsaturated/α-hetero) is 1. The summed E-state index contributed by atoms with van der Waals surface area (Å²) in [6, 6.07) is -0.468. The molecule has 14 heavy (non-hydrogen) atoms. The molecule has 0 bridgehead atoms. The minimum Gasteiger partial charge on any atom is -0.480 e. The number of rotatable bonds is 4. The van der Waals surface area contributed by atoms with Gasteiger partial charge < -0.3 is 5.11 Å². The topological polar surface area (TPSA) is 57.6 Å². The monoisotopic (exact) mass is 199 g/mol. The minimum absolute atomic E-state index is 0.165. The van der Waals surface area contributed by atoms with Crippen molar-refractivity contribution in [3.63, 3.8) is 0 Å². The summed E-state index contributed by atoms with van der Waals surface area (Å²) >= 11 is 0. The highest BCUT2D eigenvalue weighted by atomic mass is 16.4. The van der Waals surface area contributed by atoms with E-state index in [9.17, 15) is 9.59 Å². The summed E-state index contributed by atoms with van der Waals surface area (Å²) in [4.78, 5) is 23.9. The number of ketones is 1. The Morgan fingerprint density at radius 3 is 2.86 bits per heavy atom. The van der Waals surface area contributed by atoms with E-state index in [1.807, 2.05) is 6.92 Å². The maximum atomic E-state index is 11.2. The smallest absolute Gasteiger partial charge is 0.320 e. The molecule has 1 N–H and O–H groups in total. The lowest BCUT2D eigenvalue weighted by Gasteiger charge is -2.30. The van der Waals surface area contributed by atoms with Crippen molar-refractivity contribution >= 4 is 11.8 Å². The van der Waals surface area contributed by atoms with Crippen LogP contribution in [0.2, 0.25) is 0 Å². The molecule has 1 atom stereocenters. The van der Waals surface area contributed by atoms with E-state index in [2.05, 4.69) is 0 Å². The van der Waals surface area contributed by atoms with Crippen molar-refractivity contribution < 1.29 is 14.7 Å². The first-order valence-electron chi connectivity index (χ1n) is 5.13. The number of hydrogen-bond donors (Lipinski definition) is 1. The summed E-state index contributed by atoms with van der Waals surface area (Å²) < 4.78 is 0. The lowest BCUT2D eigenvalue weighted by molar-refractivity contribution is -0.144. The van der Waals surface area contributed by atoms with Crippen LogP contribution in [-0.4, -0.2) is 40.9 Å². The number of nitrogens with zero attached hydrogens (tertiary/aromatic N) is 1. The summed E-state index contributed by atoms with van der Waals surface area (Å²) in [6.45, 7) is 3.02. The number of likely N-dealkylation sites (tertiary alicyclic amines) is 1. The standard InChI is InChI=1S/C10H17NO3/c1-2-4-9(10(13)14)11-6-3-5-8(12)7-11/h9H,2-7H2,1H3,(H,13,14). The molecule has 1 aliphatic heterocycles. The Morgan fingerprint density at radius 1 is 1.64 bits per heavy atom. The Hall–Kier alpha value is -0.900. The van der Waals surface area contributed by atoms with Gasteiger partial charge in [0, 0.05) is 6.42 Å². The Balaban J connectivity index is 2.57. The van der Waals surface area contributed by atoms with Gasteiger partial charge in [0.05, 0.1) is 6.54 Å². The highest BCUT2D eigenvalue weighted by Gasteiger charge is 2.28. The first kappa shape index (κ1) is 11.2. The molecule has 1 saturated heterocycles. The van der Waals surface area contributed by atoms with Crippen LogP contribution in [0.25, 0.3) is 0 Å². The minimum atomic E-state index is -0.804. The predicted octanol–water partition coefficient (Wildman–Crippen LogP) is 0.905. The Morgan fingerprint density at radius 2 is 2.36 bits per heavy atom. The van der Waals surface area contributed by atoms with Crippen molar-refractivity contribution in [2.75, 3.05) is 13.1 Å². The summed E-state index contributed by atoms with van der Waals surface area (Å²) in [5, 5.41) is 8.99. The summed E-state index contributed by atoms with van der Waals surface area (Å²) in [6.07, 6.45) is 2.87. The zero-order valence-corrected chi connectivity index (χ0v) is 8.53. The van der Waals surface area contributed by atoms with Crippen LogP contribution in [0.1, 0.15) is 32.6 Å². The third-order valence-corrected chi connectivity index (χ3v) is 2.57. The fraction of sp³-hybridized carbons (Fsp3) is 0.800. The number of piperidine rings is 1. The molecule has 1 unspecified atom stereocenters. The van der Waals surface area contributed by atoms with Gasteiger partial charge in [-0.25, -0.2) is 0 Å². The highest BCUT2D eigenvalue weighted by molar-refractivity contribution is 5.82. The van der Waals surface area contributed by atoms with Gasteiger partial charge in [0.25, 0.3) is 0 Å². The van der Waals surface area contributed by atoms with E-state index in [0.29, 0.717) is 19.4 Å². The number of carbonyl (C=O) groups is 2. The molecule has 0 spiro atoms. The molecule has 0 amide bonds. The third kappa shape index (κ3) is 2.80. The summed E-state index contributed by atoms with van der Waals surface area (Å²) in [5.74, 6) is -0.639. The number of aliphatic carboxylic acids is 1. The fourth-order valence-corrected chi connectivity index (χ4v) is 1.87. The predicted molar refractivity (Wildman–Crippen MR) is 52.1 cm³/mol. The summed E-state index contributed by atoms with van der Waals surface area (Å²) in [5.41, 5.74) is 0. The first-order valence-corrected chi connectivity index (χ1v) is 5.13. The van der Waals surface area contributed by atoms with Crippen LogP contribution in [0.15, 0.2) is 0 Å². The second kappa shape index (κ2) is 5.10. The van der Waals surface area contributed by atoms with Crippen molar-refractivity contribution in [3.8, 4) is 0 Å². The molecule has 0 aromatic rings. The Bertz CT molecular complexity index is 227. The largest absolute Gasteiger partial charge is 0.480 e. The second-order valence-electron chi connectivity index (χ2n) is 3.76. The van der Waals surface area contributed by atoms with Crippen molar-refractivity contribution in [3.05, 3.63) is 0 Å². The molecular formula is C10H17NO3. The zero-order valence-electron chi connectivity index (χ0n) is 8.53. The molecule has 0 saturated carbocycles. The van der Waals surface area contributed by atoms with Gasteiger partial charge in [0.1, 0.15) is 11.8 Å². The van der Waals surface area contributed by atoms with E-state index in [1.165, 1.54) is 0 Å². The quantitative estimate of drug-likeness (QED) is 0.731. The number of carboxylic acid groups (broad SMARTS) is 1. The first-order chi connectivity index (χ1) is 6.65. The SMILES string of the molecule is CCCC(C(=O)O)N1CCCC(=O)C1. The van der Waals surface area contributed by atoms with Gasteiger partial charge in [-0.15, -0.1) is 0 Å². The van der Waals surface area contributed by atoms with Crippen LogP contribution < -0.4 is 0 Å². The lowest BCUT2D eigenvalue weighted by atomic mass is 10.0. The van der Waals surface area contributed by atoms with Crippen LogP contribution in [0.4, 0.5) is 0 Å². The molecule has 0 aromatic heterocycles. The summed E-state index contributed by atoms with van der Waals surface area (Å²) in [7, 11) is 0. The molecule has 0 radical (unpaired) electrons. The van der Waals surface area contributed by atoms with Gasteiger partial charge in [-0.1, -0.05) is 13.3 Å². The van der Waals surface area contributed by atoms with Crippen molar-refractivity contribution in [1.82, 2.24) is 4.90 Å². The van der Waals surface area contributed by atoms with Gasteiger partial charge in [0.2, 0.25) is 0 Å². The molecule has 80 valence electrons. The molecule has 4 heteroatoms. The third-order valence-electron chi connectivity index (χ3n) is 2.57. The molecule has 1 rings (SSSR count). The maximum Gasteiger partial charge on any atom is 0.320 e. The van der Waals surface area contributed by atoms with Crippen molar-refractivity contribution in [2.45, 2.75) is 38.6 Å². The van der Waals surface area contributed by atoms with E-state index < -0.39 is 12.0 Å². The van der Waals surface area contributed by atoms with Gasteiger partial charge >= 0.3 is 5.97 Å². The number of hydrogen-bond acceptors (Lipinski definition) is 3. The fourth-order valence-electron chi connectivity index (χ4n) is 1.87. The lowest BCUT2D eigenvalue weighted by Crippen LogP contribution is -2.46. The van der Waals surface area contributed by atoms with E-state index in [-0.39, 0.29) is 5.78 Å². The Labute approximate surface area is 83.9 Å². The van der Waals surface area contributed by atoms with Crippen LogP contribution >= 0.6 is 0 Å². The average molecular weight is 199 g/mol. The average Bonchev–Trinajstić information content (AvgIpc) is 2.13. The zero-order chi connectivity index (χ0) is 10.6. The van der Waals surface area contributed by atoms with Crippen molar-refractivity contribution in [2.24, 2.45) is 0 Å². The van der Waals surface area contributed by atoms with Gasteiger partial charge in [0.15, 0.2) is 0 Å². The molecule has 0 aliphatic carbocycles. The van der Waals surface area contributed by atoms with E-state index in [1.54, 1.807) is 4.90 Å². The number of carboxylic acids is 1. The Kier molecular flexibility index (Phi) is 4.07. The number of carbonyl (C=O) groups excluding carboxylic acids is 1. The van der Waals surface area contributed by atoms with Gasteiger partial charge in [-0.05, 0) is 19.4 Å². The van der Waals surface area contributed by atoms with E-state index >= 15 is 0 Å². The normalized spacial score (nSPS) is 20.8. The van der Waals surface area contributed by atoms with Crippen LogP contribution in [0.5, 0.6) is 0 Å². The second-order valence-corrected chi connectivity index (χ2v) is 3.76. The maximum absolute atomic E-state index is 11.2. The van der Waals surface area contributed by atoms with Crippen LogP contribution in [0, 0.1) is 0 Å². The molecule has 1 aliphatic rings. The van der Waals surface area contributed by atoms with Crippen molar-refractivity contribution in [1.29, 1.82) is 0 Å². The van der Waals surface area contributed by atoms with E-state index in [0.717, 1.165) is 19.4 Å². The molecule has 4 nitrogen and oxygen atoms in total. The van der Waals surface area contributed by atoms with E-state index in [4.69, 9.17) is 5.11 Å². The van der Waals surface area contributed by atoms with Crippen LogP contribution in [0.3, 0.4) is 0 Å². The van der Waals surface area contributed by atoms with Gasteiger partial charge in [-0.3, -0.25) is 14.5 Å². The highest BCUT2D eigenvalue weighted by Crippen LogP contribution is 2.13. The molecule has 1 fully saturated rings. The van der Waals surface area contributed by atoms with Gasteiger partial charge in [-0.2, -0.15) is 0 Å². The molecule has 0 aromatic carbocycles. The van der Waals surface area contributed by atoms with Crippen LogP contribution in [-0.2, 0) is 9.59 Å².